The van der Waals surface area contributed by atoms with Crippen LogP contribution in [-0.2, 0) is 16.6 Å². The first-order chi connectivity index (χ1) is 17.8. The number of aromatic nitrogens is 1. The molecule has 5 rings (SSSR count). The van der Waals surface area contributed by atoms with Crippen LogP contribution in [0.1, 0.15) is 40.5 Å². The number of methoxy groups -OCH3 is 1. The number of ether oxygens (including phenoxy) is 1. The molecule has 3 aromatic carbocycles. The van der Waals surface area contributed by atoms with Gasteiger partial charge in [0.05, 0.1) is 12.0 Å². The molecule has 0 saturated heterocycles. The number of hydrogen-bond acceptors (Lipinski definition) is 4. The van der Waals surface area contributed by atoms with E-state index < -0.39 is 10.0 Å². The highest BCUT2D eigenvalue weighted by Crippen LogP contribution is 2.36. The van der Waals surface area contributed by atoms with Gasteiger partial charge in [-0.3, -0.25) is 4.79 Å². The summed E-state index contributed by atoms with van der Waals surface area (Å²) in [6.45, 7) is 5.03. The highest BCUT2D eigenvalue weighted by molar-refractivity contribution is 7.89. The second-order valence-corrected chi connectivity index (χ2v) is 11.3. The number of sulfonamides is 1. The topological polar surface area (TPSA) is 68.6 Å². The van der Waals surface area contributed by atoms with Crippen molar-refractivity contribution in [3.8, 4) is 5.75 Å². The lowest BCUT2D eigenvalue weighted by Crippen LogP contribution is -2.34. The lowest BCUT2D eigenvalue weighted by Gasteiger charge is -2.26. The van der Waals surface area contributed by atoms with Gasteiger partial charge in [-0.15, -0.1) is 0 Å². The largest absolute Gasteiger partial charge is 0.497 e. The molecule has 0 atom stereocenters. The Hall–Kier alpha value is -3.68. The predicted molar refractivity (Wildman–Crippen MR) is 147 cm³/mol. The van der Waals surface area contributed by atoms with E-state index in [0.717, 1.165) is 28.1 Å². The van der Waals surface area contributed by atoms with E-state index in [1.807, 2.05) is 24.3 Å². The van der Waals surface area contributed by atoms with Gasteiger partial charge in [-0.05, 0) is 61.7 Å². The molecule has 0 bridgehead atoms. The van der Waals surface area contributed by atoms with Crippen molar-refractivity contribution in [3.05, 3.63) is 101 Å². The third kappa shape index (κ3) is 4.72. The van der Waals surface area contributed by atoms with Gasteiger partial charge in [0.2, 0.25) is 10.0 Å². The zero-order valence-electron chi connectivity index (χ0n) is 21.3. The normalized spacial score (nSPS) is 14.5. The summed E-state index contributed by atoms with van der Waals surface area (Å²) in [5, 5.41) is 1.17. The number of para-hydroxylation sites is 1. The van der Waals surface area contributed by atoms with Gasteiger partial charge in [0.1, 0.15) is 5.75 Å². The van der Waals surface area contributed by atoms with Crippen molar-refractivity contribution in [2.75, 3.05) is 20.2 Å². The Morgan fingerprint density at radius 1 is 1.00 bits per heavy atom. The van der Waals surface area contributed by atoms with Gasteiger partial charge in [0.15, 0.2) is 5.78 Å². The molecular weight excluding hydrogens is 484 g/mol. The number of fused-ring (bicyclic) bond motifs is 1. The minimum absolute atomic E-state index is 0.0876. The van der Waals surface area contributed by atoms with Crippen molar-refractivity contribution in [1.82, 2.24) is 8.87 Å². The van der Waals surface area contributed by atoms with Crippen molar-refractivity contribution in [1.29, 1.82) is 0 Å². The monoisotopic (exact) mass is 514 g/mol. The van der Waals surface area contributed by atoms with Gasteiger partial charge < -0.3 is 9.30 Å². The van der Waals surface area contributed by atoms with Gasteiger partial charge in [-0.25, -0.2) is 8.42 Å². The van der Waals surface area contributed by atoms with E-state index in [1.165, 1.54) is 34.3 Å². The van der Waals surface area contributed by atoms with Crippen molar-refractivity contribution >= 4 is 32.3 Å². The summed E-state index contributed by atoms with van der Waals surface area (Å²) < 4.78 is 35.7. The molecule has 0 fully saturated rings. The number of Topliss-reactive ketones (excluding diaryl/α,β-unsaturated/α-hetero) is 1. The average Bonchev–Trinajstić information content (AvgIpc) is 3.19. The Morgan fingerprint density at radius 3 is 2.43 bits per heavy atom. The fourth-order valence-corrected chi connectivity index (χ4v) is 6.48. The van der Waals surface area contributed by atoms with Crippen molar-refractivity contribution in [3.63, 3.8) is 0 Å². The van der Waals surface area contributed by atoms with Crippen molar-refractivity contribution in [2.45, 2.75) is 31.7 Å². The van der Waals surface area contributed by atoms with E-state index in [4.69, 9.17) is 4.74 Å². The summed E-state index contributed by atoms with van der Waals surface area (Å²) in [5.41, 5.74) is 6.31. The molecule has 0 aliphatic carbocycles. The summed E-state index contributed by atoms with van der Waals surface area (Å²) in [7, 11) is -1.97. The number of hydrogen-bond donors (Lipinski definition) is 0. The Kier molecular flexibility index (Phi) is 6.75. The van der Waals surface area contributed by atoms with Gasteiger partial charge in [-0.2, -0.15) is 4.31 Å². The number of rotatable bonds is 7. The van der Waals surface area contributed by atoms with E-state index in [-0.39, 0.29) is 10.7 Å². The summed E-state index contributed by atoms with van der Waals surface area (Å²) in [6.07, 6.45) is 2.66. The molecule has 1 aliphatic heterocycles. The first-order valence-electron chi connectivity index (χ1n) is 12.3. The van der Waals surface area contributed by atoms with Crippen LogP contribution in [-0.4, -0.2) is 43.3 Å². The maximum atomic E-state index is 13.2. The minimum atomic E-state index is -3.64. The van der Waals surface area contributed by atoms with Crippen LogP contribution in [0.4, 0.5) is 0 Å². The smallest absolute Gasteiger partial charge is 0.243 e. The van der Waals surface area contributed by atoms with E-state index in [1.54, 1.807) is 19.2 Å². The number of benzene rings is 3. The molecule has 37 heavy (non-hydrogen) atoms. The standard InChI is InChI=1S/C30H30N2O4S/c1-21-30(28-9-4-5-10-29(28)32(21)20-23-7-6-8-26(19-23)36-3)25-15-17-31(18-16-25)37(34,35)27-13-11-24(12-14-27)22(2)33/h4-15,19H,16-18,20H2,1-3H3. The van der Waals surface area contributed by atoms with Crippen LogP contribution in [0.25, 0.3) is 16.5 Å². The van der Waals surface area contributed by atoms with Gasteiger partial charge in [0.25, 0.3) is 0 Å². The second kappa shape index (κ2) is 10.00. The highest BCUT2D eigenvalue weighted by Gasteiger charge is 2.28. The Bertz CT molecular complexity index is 1620. The van der Waals surface area contributed by atoms with Crippen LogP contribution in [0.2, 0.25) is 0 Å². The second-order valence-electron chi connectivity index (χ2n) is 9.34. The van der Waals surface area contributed by atoms with Crippen LogP contribution in [0.15, 0.2) is 83.8 Å². The number of carbonyl (C=O) groups excluding carboxylic acids is 1. The van der Waals surface area contributed by atoms with Crippen molar-refractivity contribution < 1.29 is 17.9 Å². The zero-order chi connectivity index (χ0) is 26.2. The summed E-state index contributed by atoms with van der Waals surface area (Å²) in [5.74, 6) is 0.745. The van der Waals surface area contributed by atoms with E-state index >= 15 is 0 Å². The highest BCUT2D eigenvalue weighted by atomic mass is 32.2. The first-order valence-corrected chi connectivity index (χ1v) is 13.7. The third-order valence-electron chi connectivity index (χ3n) is 7.10. The lowest BCUT2D eigenvalue weighted by atomic mass is 9.97. The molecule has 7 heteroatoms. The van der Waals surface area contributed by atoms with Crippen LogP contribution < -0.4 is 4.74 Å². The fourth-order valence-electron chi connectivity index (χ4n) is 5.10. The van der Waals surface area contributed by atoms with Gasteiger partial charge in [0, 0.05) is 47.4 Å². The molecule has 1 aliphatic rings. The molecule has 6 nitrogen and oxygen atoms in total. The SMILES string of the molecule is COc1cccc(Cn2c(C)c(C3=CCN(S(=O)(=O)c4ccc(C(C)=O)cc4)CC3)c3ccccc32)c1. The molecule has 4 aromatic rings. The predicted octanol–water partition coefficient (Wildman–Crippen LogP) is 5.69. The Labute approximate surface area is 217 Å². The number of nitrogens with zero attached hydrogens (tertiary/aromatic N) is 2. The number of ketones is 1. The van der Waals surface area contributed by atoms with Gasteiger partial charge in [-0.1, -0.05) is 48.5 Å². The minimum Gasteiger partial charge on any atom is -0.497 e. The van der Waals surface area contributed by atoms with E-state index in [0.29, 0.717) is 31.6 Å². The summed E-state index contributed by atoms with van der Waals surface area (Å²) in [6, 6.07) is 22.6. The van der Waals surface area contributed by atoms with Crippen LogP contribution >= 0.6 is 0 Å². The van der Waals surface area contributed by atoms with E-state index in [9.17, 15) is 13.2 Å². The van der Waals surface area contributed by atoms with Crippen molar-refractivity contribution in [2.24, 2.45) is 0 Å². The molecule has 0 N–H and O–H groups in total. The molecular formula is C30H30N2O4S. The van der Waals surface area contributed by atoms with Crippen LogP contribution in [0.5, 0.6) is 5.75 Å². The fraction of sp³-hybridized carbons (Fsp3) is 0.233. The Balaban J connectivity index is 1.45. The molecule has 1 aromatic heterocycles. The average molecular weight is 515 g/mol. The molecule has 0 spiro atoms. The van der Waals surface area contributed by atoms with Crippen LogP contribution in [0.3, 0.4) is 0 Å². The third-order valence-corrected chi connectivity index (χ3v) is 8.98. The summed E-state index contributed by atoms with van der Waals surface area (Å²) >= 11 is 0. The lowest BCUT2D eigenvalue weighted by molar-refractivity contribution is 0.101. The molecule has 0 radical (unpaired) electrons. The Morgan fingerprint density at radius 2 is 1.76 bits per heavy atom. The van der Waals surface area contributed by atoms with Gasteiger partial charge >= 0.3 is 0 Å². The molecule has 2 heterocycles. The van der Waals surface area contributed by atoms with E-state index in [2.05, 4.69) is 41.8 Å². The zero-order valence-corrected chi connectivity index (χ0v) is 22.1. The number of carbonyl (C=O) groups is 1. The molecule has 0 unspecified atom stereocenters. The van der Waals surface area contributed by atoms with Crippen LogP contribution in [0, 0.1) is 6.92 Å². The maximum absolute atomic E-state index is 13.2. The summed E-state index contributed by atoms with van der Waals surface area (Å²) in [4.78, 5) is 11.8. The quantitative estimate of drug-likeness (QED) is 0.297. The first kappa shape index (κ1) is 25.0. The molecule has 0 amide bonds. The molecule has 0 saturated carbocycles. The molecule has 190 valence electrons. The maximum Gasteiger partial charge on any atom is 0.243 e.